The fourth-order valence-electron chi connectivity index (χ4n) is 5.20. The molecule has 37 heavy (non-hydrogen) atoms. The molecule has 1 aliphatic carbocycles. The van der Waals surface area contributed by atoms with E-state index in [0.717, 1.165) is 24.6 Å². The number of benzene rings is 2. The van der Waals surface area contributed by atoms with Crippen molar-refractivity contribution in [3.05, 3.63) is 80.5 Å². The summed E-state index contributed by atoms with van der Waals surface area (Å²) in [5, 5.41) is 10.1. The standard InChI is InChI=1S/C27H23ClFN3O5/c28-16-3-1-2-15(10-16)24-23(14-37-27(24)36)31-8-6-30(7-9-31)22-12-21-18(11-20(22)29)25(33)19(26(34)35)13-32(21)17-4-5-17/h1-3,10-13,17H,4-9,14H2,(H,34,35). The minimum Gasteiger partial charge on any atom is -0.477 e. The Morgan fingerprint density at radius 2 is 1.78 bits per heavy atom. The van der Waals surface area contributed by atoms with Gasteiger partial charge in [-0.15, -0.1) is 0 Å². The summed E-state index contributed by atoms with van der Waals surface area (Å²) < 4.78 is 22.4. The second kappa shape index (κ2) is 8.92. The number of carboxylic acids is 1. The highest BCUT2D eigenvalue weighted by Gasteiger charge is 2.33. The van der Waals surface area contributed by atoms with Gasteiger partial charge >= 0.3 is 11.9 Å². The zero-order valence-corrected chi connectivity index (χ0v) is 20.5. The summed E-state index contributed by atoms with van der Waals surface area (Å²) in [6.07, 6.45) is 3.14. The Morgan fingerprint density at radius 1 is 1.05 bits per heavy atom. The summed E-state index contributed by atoms with van der Waals surface area (Å²) in [4.78, 5) is 40.8. The molecule has 10 heteroatoms. The Balaban J connectivity index is 1.31. The van der Waals surface area contributed by atoms with E-state index < -0.39 is 17.2 Å². The Morgan fingerprint density at radius 3 is 2.46 bits per heavy atom. The highest BCUT2D eigenvalue weighted by Crippen LogP contribution is 2.38. The van der Waals surface area contributed by atoms with Crippen LogP contribution in [0.15, 0.2) is 53.1 Å². The average molecular weight is 524 g/mol. The van der Waals surface area contributed by atoms with Crippen LogP contribution < -0.4 is 10.3 Å². The molecule has 0 amide bonds. The molecular weight excluding hydrogens is 501 g/mol. The molecule has 1 saturated heterocycles. The van der Waals surface area contributed by atoms with Crippen molar-refractivity contribution in [3.8, 4) is 0 Å². The molecule has 3 heterocycles. The van der Waals surface area contributed by atoms with Gasteiger partial charge in [-0.05, 0) is 42.7 Å². The molecule has 0 spiro atoms. The molecule has 0 radical (unpaired) electrons. The first kappa shape index (κ1) is 23.5. The maximum absolute atomic E-state index is 15.3. The van der Waals surface area contributed by atoms with Gasteiger partial charge in [-0.2, -0.15) is 0 Å². The van der Waals surface area contributed by atoms with Crippen molar-refractivity contribution in [3.63, 3.8) is 0 Å². The van der Waals surface area contributed by atoms with Crippen molar-refractivity contribution < 1.29 is 23.8 Å². The Kier molecular flexibility index (Phi) is 5.67. The number of hydrogen-bond acceptors (Lipinski definition) is 6. The van der Waals surface area contributed by atoms with Gasteiger partial charge in [0.15, 0.2) is 0 Å². The highest BCUT2D eigenvalue weighted by atomic mass is 35.5. The zero-order valence-electron chi connectivity index (χ0n) is 19.7. The molecule has 0 atom stereocenters. The Hall–Kier alpha value is -3.85. The third-order valence-electron chi connectivity index (χ3n) is 7.22. The molecule has 8 nitrogen and oxygen atoms in total. The second-order valence-corrected chi connectivity index (χ2v) is 9.95. The lowest BCUT2D eigenvalue weighted by Crippen LogP contribution is -2.46. The van der Waals surface area contributed by atoms with Crippen LogP contribution in [0.4, 0.5) is 10.1 Å². The Labute approximate surface area is 216 Å². The van der Waals surface area contributed by atoms with E-state index in [4.69, 9.17) is 16.3 Å². The van der Waals surface area contributed by atoms with Crippen molar-refractivity contribution in [1.29, 1.82) is 0 Å². The number of nitrogens with zero attached hydrogens (tertiary/aromatic N) is 3. The van der Waals surface area contributed by atoms with E-state index in [1.807, 2.05) is 11.0 Å². The van der Waals surface area contributed by atoms with Crippen LogP contribution in [0.1, 0.15) is 34.8 Å². The second-order valence-electron chi connectivity index (χ2n) is 9.52. The number of anilines is 1. The minimum atomic E-state index is -1.32. The van der Waals surface area contributed by atoms with Gasteiger partial charge in [0.1, 0.15) is 18.0 Å². The van der Waals surface area contributed by atoms with E-state index in [0.29, 0.717) is 53.5 Å². The average Bonchev–Trinajstić information content (AvgIpc) is 3.65. The summed E-state index contributed by atoms with van der Waals surface area (Å²) in [5.74, 6) is -2.28. The SMILES string of the molecule is O=C1OCC(N2CCN(c3cc4c(cc3F)c(=O)c(C(=O)O)cn4C3CC3)CC2)=C1c1cccc(Cl)c1. The lowest BCUT2D eigenvalue weighted by molar-refractivity contribution is -0.134. The number of cyclic esters (lactones) is 1. The lowest BCUT2D eigenvalue weighted by Gasteiger charge is -2.38. The number of aromatic nitrogens is 1. The van der Waals surface area contributed by atoms with Crippen LogP contribution in [0.25, 0.3) is 16.5 Å². The maximum atomic E-state index is 15.3. The van der Waals surface area contributed by atoms with Crippen LogP contribution in [0.5, 0.6) is 0 Å². The molecule has 6 rings (SSSR count). The highest BCUT2D eigenvalue weighted by molar-refractivity contribution is 6.31. The third-order valence-corrected chi connectivity index (χ3v) is 7.45. The first-order chi connectivity index (χ1) is 17.8. The number of ether oxygens (including phenoxy) is 1. The predicted octanol–water partition coefficient (Wildman–Crippen LogP) is 3.92. The van der Waals surface area contributed by atoms with Crippen molar-refractivity contribution in [2.24, 2.45) is 0 Å². The van der Waals surface area contributed by atoms with E-state index >= 15 is 4.39 Å². The van der Waals surface area contributed by atoms with Gasteiger partial charge in [0.25, 0.3) is 0 Å². The lowest BCUT2D eigenvalue weighted by atomic mass is 10.0. The van der Waals surface area contributed by atoms with Crippen LogP contribution in [0, 0.1) is 5.82 Å². The fraction of sp³-hybridized carbons (Fsp3) is 0.296. The molecule has 1 saturated carbocycles. The van der Waals surface area contributed by atoms with Gasteiger partial charge in [-0.1, -0.05) is 23.7 Å². The number of piperazine rings is 1. The maximum Gasteiger partial charge on any atom is 0.341 e. The first-order valence-corrected chi connectivity index (χ1v) is 12.5. The number of halogens is 2. The van der Waals surface area contributed by atoms with Crippen molar-refractivity contribution in [2.75, 3.05) is 37.7 Å². The zero-order chi connectivity index (χ0) is 25.8. The van der Waals surface area contributed by atoms with E-state index in [-0.39, 0.29) is 29.6 Å². The molecule has 3 aromatic rings. The topological polar surface area (TPSA) is 92.1 Å². The van der Waals surface area contributed by atoms with Gasteiger partial charge in [-0.25, -0.2) is 14.0 Å². The number of esters is 1. The van der Waals surface area contributed by atoms with E-state index in [2.05, 4.69) is 4.90 Å². The molecule has 2 aliphatic heterocycles. The van der Waals surface area contributed by atoms with Crippen LogP contribution >= 0.6 is 11.6 Å². The molecule has 1 N–H and O–H groups in total. The third kappa shape index (κ3) is 4.13. The van der Waals surface area contributed by atoms with E-state index in [1.54, 1.807) is 28.8 Å². The van der Waals surface area contributed by atoms with Crippen LogP contribution in [0.3, 0.4) is 0 Å². The number of carbonyl (C=O) groups excluding carboxylic acids is 1. The quantitative estimate of drug-likeness (QED) is 0.507. The normalized spacial score (nSPS) is 18.1. The van der Waals surface area contributed by atoms with Gasteiger partial charge in [0, 0.05) is 48.8 Å². The number of aromatic carboxylic acids is 1. The summed E-state index contributed by atoms with van der Waals surface area (Å²) >= 11 is 6.14. The Bertz CT molecular complexity index is 1550. The monoisotopic (exact) mass is 523 g/mol. The van der Waals surface area contributed by atoms with Gasteiger partial charge in [0.05, 0.1) is 22.5 Å². The largest absolute Gasteiger partial charge is 0.477 e. The first-order valence-electron chi connectivity index (χ1n) is 12.1. The molecule has 190 valence electrons. The number of fused-ring (bicyclic) bond motifs is 1. The molecule has 0 bridgehead atoms. The molecular formula is C27H23ClFN3O5. The van der Waals surface area contributed by atoms with Crippen LogP contribution in [0.2, 0.25) is 5.02 Å². The summed E-state index contributed by atoms with van der Waals surface area (Å²) in [7, 11) is 0. The van der Waals surface area contributed by atoms with Crippen molar-refractivity contribution >= 4 is 45.7 Å². The molecule has 0 unspecified atom stereocenters. The number of hydrogen-bond donors (Lipinski definition) is 1. The van der Waals surface area contributed by atoms with E-state index in [9.17, 15) is 19.5 Å². The predicted molar refractivity (Wildman–Crippen MR) is 137 cm³/mol. The minimum absolute atomic E-state index is 0.0737. The van der Waals surface area contributed by atoms with Crippen LogP contribution in [-0.2, 0) is 9.53 Å². The number of carboxylic acid groups (broad SMARTS) is 1. The summed E-state index contributed by atoms with van der Waals surface area (Å²) in [5.41, 5.74) is 1.86. The van der Waals surface area contributed by atoms with Gasteiger partial charge < -0.3 is 24.2 Å². The number of rotatable bonds is 5. The number of carbonyl (C=O) groups is 2. The smallest absolute Gasteiger partial charge is 0.341 e. The van der Waals surface area contributed by atoms with Crippen molar-refractivity contribution in [1.82, 2.24) is 9.47 Å². The van der Waals surface area contributed by atoms with E-state index in [1.165, 1.54) is 6.20 Å². The number of pyridine rings is 1. The molecule has 3 aliphatic rings. The summed E-state index contributed by atoms with van der Waals surface area (Å²) in [6, 6.07) is 10.0. The molecule has 1 aromatic heterocycles. The molecule has 2 fully saturated rings. The van der Waals surface area contributed by atoms with Gasteiger partial charge in [0.2, 0.25) is 5.43 Å². The van der Waals surface area contributed by atoms with Crippen LogP contribution in [-0.4, -0.2) is 59.3 Å². The molecule has 2 aromatic carbocycles. The summed E-state index contributed by atoms with van der Waals surface area (Å²) in [6.45, 7) is 2.24. The fourth-order valence-corrected chi connectivity index (χ4v) is 5.39. The van der Waals surface area contributed by atoms with Gasteiger partial charge in [-0.3, -0.25) is 4.79 Å². The van der Waals surface area contributed by atoms with Crippen molar-refractivity contribution in [2.45, 2.75) is 18.9 Å².